The standard InChI is InChI=1S/C16H16/c1-13-8-10-16(14(2)12-13)11-9-15-6-4-3-5-7-15/h3-12H,1-2H3. The minimum Gasteiger partial charge on any atom is -0.0622 e. The van der Waals surface area contributed by atoms with Crippen LogP contribution in [0.2, 0.25) is 0 Å². The Hall–Kier alpha value is -1.82. The maximum atomic E-state index is 2.21. The Kier molecular flexibility index (Phi) is 3.21. The molecule has 0 aliphatic carbocycles. The number of aryl methyl sites for hydroxylation is 2. The lowest BCUT2D eigenvalue weighted by molar-refractivity contribution is 1.37. The van der Waals surface area contributed by atoms with Crippen LogP contribution in [0.5, 0.6) is 0 Å². The van der Waals surface area contributed by atoms with Gasteiger partial charge in [0.15, 0.2) is 0 Å². The summed E-state index contributed by atoms with van der Waals surface area (Å²) in [6, 6.07) is 16.9. The minimum absolute atomic E-state index is 1.24. The van der Waals surface area contributed by atoms with Gasteiger partial charge in [0.2, 0.25) is 0 Å². The lowest BCUT2D eigenvalue weighted by Crippen LogP contribution is -1.81. The molecule has 80 valence electrons. The lowest BCUT2D eigenvalue weighted by Gasteiger charge is -2.01. The fourth-order valence-corrected chi connectivity index (χ4v) is 1.76. The van der Waals surface area contributed by atoms with E-state index in [1.807, 2.05) is 6.07 Å². The fraction of sp³-hybridized carbons (Fsp3) is 0.125. The first-order valence-corrected chi connectivity index (χ1v) is 5.56. The molecule has 0 aromatic heterocycles. The number of rotatable bonds is 2. The topological polar surface area (TPSA) is 0 Å². The van der Waals surface area contributed by atoms with E-state index in [1.54, 1.807) is 0 Å². The molecule has 0 aliphatic heterocycles. The molecule has 0 saturated heterocycles. The Labute approximate surface area is 97.3 Å². The molecule has 0 nitrogen and oxygen atoms in total. The maximum absolute atomic E-state index is 2.21. The molecule has 0 spiro atoms. The van der Waals surface area contributed by atoms with Crippen LogP contribution in [0, 0.1) is 13.8 Å². The minimum atomic E-state index is 1.24. The van der Waals surface area contributed by atoms with Crippen molar-refractivity contribution in [2.24, 2.45) is 0 Å². The first-order chi connectivity index (χ1) is 7.75. The lowest BCUT2D eigenvalue weighted by atomic mass is 10.0. The zero-order chi connectivity index (χ0) is 11.4. The van der Waals surface area contributed by atoms with Crippen molar-refractivity contribution in [3.63, 3.8) is 0 Å². The molecule has 0 atom stereocenters. The van der Waals surface area contributed by atoms with Crippen LogP contribution in [0.25, 0.3) is 12.2 Å². The van der Waals surface area contributed by atoms with Gasteiger partial charge in [0.05, 0.1) is 0 Å². The highest BCUT2D eigenvalue weighted by Gasteiger charge is 1.93. The van der Waals surface area contributed by atoms with Gasteiger partial charge in [0.1, 0.15) is 0 Å². The van der Waals surface area contributed by atoms with Gasteiger partial charge in [0, 0.05) is 0 Å². The van der Waals surface area contributed by atoms with Gasteiger partial charge in [-0.3, -0.25) is 0 Å². The maximum Gasteiger partial charge on any atom is -0.0227 e. The molecule has 0 amide bonds. The van der Waals surface area contributed by atoms with Gasteiger partial charge < -0.3 is 0 Å². The highest BCUT2D eigenvalue weighted by molar-refractivity contribution is 5.71. The summed E-state index contributed by atoms with van der Waals surface area (Å²) >= 11 is 0. The normalized spacial score (nSPS) is 10.9. The summed E-state index contributed by atoms with van der Waals surface area (Å²) in [6.07, 6.45) is 4.32. The van der Waals surface area contributed by atoms with E-state index < -0.39 is 0 Å². The van der Waals surface area contributed by atoms with E-state index in [4.69, 9.17) is 0 Å². The Balaban J connectivity index is 2.24. The Bertz CT molecular complexity index is 493. The highest BCUT2D eigenvalue weighted by Crippen LogP contribution is 2.14. The van der Waals surface area contributed by atoms with Crippen molar-refractivity contribution in [1.29, 1.82) is 0 Å². The van der Waals surface area contributed by atoms with Crippen molar-refractivity contribution in [3.05, 3.63) is 70.8 Å². The summed E-state index contributed by atoms with van der Waals surface area (Å²) in [6.45, 7) is 4.27. The third-order valence-electron chi connectivity index (χ3n) is 2.68. The summed E-state index contributed by atoms with van der Waals surface area (Å²) < 4.78 is 0. The monoisotopic (exact) mass is 208 g/mol. The molecule has 2 aromatic carbocycles. The zero-order valence-electron chi connectivity index (χ0n) is 9.77. The SMILES string of the molecule is Cc1ccc(C=Cc2ccccc2)c(C)c1. The first-order valence-electron chi connectivity index (χ1n) is 5.56. The smallest absolute Gasteiger partial charge is 0.0227 e. The largest absolute Gasteiger partial charge is 0.0622 e. The van der Waals surface area contributed by atoms with Crippen LogP contribution in [0.4, 0.5) is 0 Å². The van der Waals surface area contributed by atoms with Crippen molar-refractivity contribution in [1.82, 2.24) is 0 Å². The molecule has 0 aliphatic rings. The summed E-state index contributed by atoms with van der Waals surface area (Å²) in [5, 5.41) is 0. The average Bonchev–Trinajstić information content (AvgIpc) is 2.29. The van der Waals surface area contributed by atoms with Crippen molar-refractivity contribution in [2.75, 3.05) is 0 Å². The zero-order valence-corrected chi connectivity index (χ0v) is 9.77. The quantitative estimate of drug-likeness (QED) is 0.638. The Morgan fingerprint density at radius 2 is 1.56 bits per heavy atom. The van der Waals surface area contributed by atoms with Crippen LogP contribution in [0.1, 0.15) is 22.3 Å². The third-order valence-corrected chi connectivity index (χ3v) is 2.68. The van der Waals surface area contributed by atoms with Crippen LogP contribution in [0.15, 0.2) is 48.5 Å². The van der Waals surface area contributed by atoms with Crippen molar-refractivity contribution in [2.45, 2.75) is 13.8 Å². The molecule has 0 N–H and O–H groups in total. The van der Waals surface area contributed by atoms with Crippen LogP contribution < -0.4 is 0 Å². The summed E-state index contributed by atoms with van der Waals surface area (Å²) in [5.74, 6) is 0. The van der Waals surface area contributed by atoms with Gasteiger partial charge in [-0.05, 0) is 30.5 Å². The van der Waals surface area contributed by atoms with E-state index in [0.29, 0.717) is 0 Å². The van der Waals surface area contributed by atoms with Gasteiger partial charge in [-0.25, -0.2) is 0 Å². The predicted octanol–water partition coefficient (Wildman–Crippen LogP) is 4.47. The summed E-state index contributed by atoms with van der Waals surface area (Å²) in [7, 11) is 0. The molecule has 16 heavy (non-hydrogen) atoms. The molecule has 0 bridgehead atoms. The molecular formula is C16H16. The molecule has 0 fully saturated rings. The Morgan fingerprint density at radius 1 is 0.812 bits per heavy atom. The average molecular weight is 208 g/mol. The second-order valence-corrected chi connectivity index (χ2v) is 4.10. The molecule has 0 radical (unpaired) electrons. The van der Waals surface area contributed by atoms with Crippen LogP contribution in [-0.4, -0.2) is 0 Å². The Morgan fingerprint density at radius 3 is 2.25 bits per heavy atom. The van der Waals surface area contributed by atoms with E-state index >= 15 is 0 Å². The van der Waals surface area contributed by atoms with Crippen molar-refractivity contribution < 1.29 is 0 Å². The summed E-state index contributed by atoms with van der Waals surface area (Å²) in [5.41, 5.74) is 5.17. The molecule has 0 heterocycles. The van der Waals surface area contributed by atoms with Crippen LogP contribution in [0.3, 0.4) is 0 Å². The van der Waals surface area contributed by atoms with E-state index in [1.165, 1.54) is 22.3 Å². The van der Waals surface area contributed by atoms with E-state index in [-0.39, 0.29) is 0 Å². The molecule has 0 saturated carbocycles. The van der Waals surface area contributed by atoms with Crippen molar-refractivity contribution >= 4 is 12.2 Å². The van der Waals surface area contributed by atoms with Crippen LogP contribution in [-0.2, 0) is 0 Å². The number of hydrogen-bond donors (Lipinski definition) is 0. The molecule has 2 aromatic rings. The van der Waals surface area contributed by atoms with Gasteiger partial charge >= 0.3 is 0 Å². The second kappa shape index (κ2) is 4.80. The first kappa shape index (κ1) is 10.7. The molecular weight excluding hydrogens is 192 g/mol. The van der Waals surface area contributed by atoms with Gasteiger partial charge in [-0.15, -0.1) is 0 Å². The van der Waals surface area contributed by atoms with E-state index in [0.717, 1.165) is 0 Å². The van der Waals surface area contributed by atoms with Crippen molar-refractivity contribution in [3.8, 4) is 0 Å². The number of benzene rings is 2. The van der Waals surface area contributed by atoms with Crippen LogP contribution >= 0.6 is 0 Å². The van der Waals surface area contributed by atoms with Gasteiger partial charge in [-0.2, -0.15) is 0 Å². The second-order valence-electron chi connectivity index (χ2n) is 4.10. The molecule has 0 heteroatoms. The summed E-state index contributed by atoms with van der Waals surface area (Å²) in [4.78, 5) is 0. The third kappa shape index (κ3) is 2.60. The highest BCUT2D eigenvalue weighted by atomic mass is 14.0. The fourth-order valence-electron chi connectivity index (χ4n) is 1.76. The van der Waals surface area contributed by atoms with E-state index in [2.05, 4.69) is 68.5 Å². The number of hydrogen-bond acceptors (Lipinski definition) is 0. The van der Waals surface area contributed by atoms with Gasteiger partial charge in [0.25, 0.3) is 0 Å². The predicted molar refractivity (Wildman–Crippen MR) is 71.3 cm³/mol. The molecule has 2 rings (SSSR count). The molecule has 0 unspecified atom stereocenters. The van der Waals surface area contributed by atoms with E-state index in [9.17, 15) is 0 Å². The van der Waals surface area contributed by atoms with Gasteiger partial charge in [-0.1, -0.05) is 66.2 Å².